The molecule has 0 rings (SSSR count). The molecular weight excluding hydrogens is 152 g/mol. The summed E-state index contributed by atoms with van der Waals surface area (Å²) in [7, 11) is 0. The van der Waals surface area contributed by atoms with E-state index in [-0.39, 0.29) is 18.0 Å². The van der Waals surface area contributed by atoms with Crippen molar-refractivity contribution in [3.63, 3.8) is 0 Å². The monoisotopic (exact) mass is 172 g/mol. The summed E-state index contributed by atoms with van der Waals surface area (Å²) in [5, 5.41) is 2.79. The van der Waals surface area contributed by atoms with Gasteiger partial charge in [0.25, 0.3) is 0 Å². The van der Waals surface area contributed by atoms with Gasteiger partial charge in [-0.05, 0) is 20.3 Å². The van der Waals surface area contributed by atoms with Crippen molar-refractivity contribution >= 4 is 5.91 Å². The number of rotatable bonds is 5. The molecule has 0 radical (unpaired) electrons. The molecule has 0 spiro atoms. The summed E-state index contributed by atoms with van der Waals surface area (Å²) in [6.45, 7) is 5.96. The van der Waals surface area contributed by atoms with Gasteiger partial charge < -0.3 is 11.1 Å². The zero-order valence-electron chi connectivity index (χ0n) is 8.26. The molecule has 0 bridgehead atoms. The fraction of sp³-hybridized carbons (Fsp3) is 0.889. The predicted molar refractivity (Wildman–Crippen MR) is 50.8 cm³/mol. The van der Waals surface area contributed by atoms with Crippen LogP contribution in [0.4, 0.5) is 0 Å². The topological polar surface area (TPSA) is 55.1 Å². The van der Waals surface area contributed by atoms with E-state index in [1.165, 1.54) is 0 Å². The van der Waals surface area contributed by atoms with Crippen LogP contribution in [0, 0.1) is 0 Å². The summed E-state index contributed by atoms with van der Waals surface area (Å²) in [5.74, 6) is -0.0292. The quantitative estimate of drug-likeness (QED) is 0.650. The number of nitrogens with one attached hydrogen (secondary N) is 1. The van der Waals surface area contributed by atoms with E-state index in [1.807, 2.05) is 13.8 Å². The smallest absolute Gasteiger partial charge is 0.237 e. The standard InChI is InChI=1S/C9H20N2O/c1-4-5-6-8(10)9(12)11-7(2)3/h7-8H,4-6,10H2,1-3H3,(H,11,12). The van der Waals surface area contributed by atoms with Crippen LogP contribution in [0.2, 0.25) is 0 Å². The minimum atomic E-state index is -0.327. The van der Waals surface area contributed by atoms with Crippen molar-refractivity contribution in [1.82, 2.24) is 5.32 Å². The first-order valence-corrected chi connectivity index (χ1v) is 4.63. The molecular formula is C9H20N2O. The summed E-state index contributed by atoms with van der Waals surface area (Å²) in [6, 6.07) is -0.141. The second-order valence-corrected chi connectivity index (χ2v) is 3.41. The van der Waals surface area contributed by atoms with Crippen LogP contribution in [0.15, 0.2) is 0 Å². The Kier molecular flexibility index (Phi) is 5.72. The van der Waals surface area contributed by atoms with Crippen LogP contribution >= 0.6 is 0 Å². The molecule has 72 valence electrons. The Hall–Kier alpha value is -0.570. The Bertz CT molecular complexity index is 134. The molecule has 0 aliphatic rings. The number of nitrogens with two attached hydrogens (primary N) is 1. The number of carbonyl (C=O) groups is 1. The van der Waals surface area contributed by atoms with Crippen LogP contribution in [0.1, 0.15) is 40.0 Å². The average molecular weight is 172 g/mol. The lowest BCUT2D eigenvalue weighted by Crippen LogP contribution is -2.43. The first-order valence-electron chi connectivity index (χ1n) is 4.63. The van der Waals surface area contributed by atoms with Gasteiger partial charge in [0.2, 0.25) is 5.91 Å². The summed E-state index contributed by atoms with van der Waals surface area (Å²) >= 11 is 0. The van der Waals surface area contributed by atoms with Crippen LogP contribution in [0.5, 0.6) is 0 Å². The highest BCUT2D eigenvalue weighted by molar-refractivity contribution is 5.81. The molecule has 0 saturated heterocycles. The van der Waals surface area contributed by atoms with E-state index in [2.05, 4.69) is 12.2 Å². The molecule has 1 unspecified atom stereocenters. The molecule has 3 heteroatoms. The van der Waals surface area contributed by atoms with Crippen molar-refractivity contribution in [2.45, 2.75) is 52.1 Å². The largest absolute Gasteiger partial charge is 0.353 e. The number of hydrogen-bond acceptors (Lipinski definition) is 2. The molecule has 0 aromatic heterocycles. The minimum absolute atomic E-state index is 0.0292. The van der Waals surface area contributed by atoms with E-state index >= 15 is 0 Å². The third kappa shape index (κ3) is 5.13. The van der Waals surface area contributed by atoms with Crippen LogP contribution < -0.4 is 11.1 Å². The van der Waals surface area contributed by atoms with Crippen molar-refractivity contribution in [1.29, 1.82) is 0 Å². The Morgan fingerprint density at radius 3 is 2.50 bits per heavy atom. The van der Waals surface area contributed by atoms with Gasteiger partial charge in [-0.1, -0.05) is 19.8 Å². The summed E-state index contributed by atoms with van der Waals surface area (Å²) in [4.78, 5) is 11.2. The minimum Gasteiger partial charge on any atom is -0.353 e. The Morgan fingerprint density at radius 2 is 2.08 bits per heavy atom. The fourth-order valence-electron chi connectivity index (χ4n) is 0.947. The predicted octanol–water partition coefficient (Wildman–Crippen LogP) is 1.03. The third-order valence-corrected chi connectivity index (χ3v) is 1.64. The highest BCUT2D eigenvalue weighted by atomic mass is 16.2. The van der Waals surface area contributed by atoms with Gasteiger partial charge in [-0.2, -0.15) is 0 Å². The molecule has 1 amide bonds. The summed E-state index contributed by atoms with van der Waals surface area (Å²) < 4.78 is 0. The fourth-order valence-corrected chi connectivity index (χ4v) is 0.947. The van der Waals surface area contributed by atoms with Crippen molar-refractivity contribution in [2.75, 3.05) is 0 Å². The van der Waals surface area contributed by atoms with Crippen LogP contribution in [-0.4, -0.2) is 18.0 Å². The summed E-state index contributed by atoms with van der Waals surface area (Å²) in [5.41, 5.74) is 5.64. The van der Waals surface area contributed by atoms with Gasteiger partial charge in [0, 0.05) is 6.04 Å². The van der Waals surface area contributed by atoms with E-state index < -0.39 is 0 Å². The van der Waals surface area contributed by atoms with Gasteiger partial charge in [-0.3, -0.25) is 4.79 Å². The third-order valence-electron chi connectivity index (χ3n) is 1.64. The lowest BCUT2D eigenvalue weighted by Gasteiger charge is -2.13. The average Bonchev–Trinajstić information content (AvgIpc) is 1.98. The number of unbranched alkanes of at least 4 members (excludes halogenated alkanes) is 1. The van der Waals surface area contributed by atoms with E-state index in [1.54, 1.807) is 0 Å². The maximum atomic E-state index is 11.2. The molecule has 0 aromatic carbocycles. The summed E-state index contributed by atoms with van der Waals surface area (Å²) in [6.07, 6.45) is 2.89. The van der Waals surface area contributed by atoms with Crippen LogP contribution in [-0.2, 0) is 4.79 Å². The second-order valence-electron chi connectivity index (χ2n) is 3.41. The maximum Gasteiger partial charge on any atom is 0.237 e. The van der Waals surface area contributed by atoms with Crippen LogP contribution in [0.3, 0.4) is 0 Å². The van der Waals surface area contributed by atoms with Gasteiger partial charge >= 0.3 is 0 Å². The maximum absolute atomic E-state index is 11.2. The van der Waals surface area contributed by atoms with Crippen molar-refractivity contribution in [3.05, 3.63) is 0 Å². The van der Waals surface area contributed by atoms with E-state index in [4.69, 9.17) is 5.73 Å². The van der Waals surface area contributed by atoms with Crippen molar-refractivity contribution < 1.29 is 4.79 Å². The second kappa shape index (κ2) is 6.00. The number of hydrogen-bond donors (Lipinski definition) is 2. The Balaban J connectivity index is 3.61. The molecule has 3 N–H and O–H groups in total. The molecule has 0 heterocycles. The highest BCUT2D eigenvalue weighted by Gasteiger charge is 2.12. The molecule has 1 atom stereocenters. The molecule has 0 aliphatic heterocycles. The SMILES string of the molecule is CCCCC(N)C(=O)NC(C)C. The van der Waals surface area contributed by atoms with Gasteiger partial charge in [0.15, 0.2) is 0 Å². The Labute approximate surface area is 74.7 Å². The first kappa shape index (κ1) is 11.4. The normalized spacial score (nSPS) is 13.1. The van der Waals surface area contributed by atoms with Crippen molar-refractivity contribution in [3.8, 4) is 0 Å². The number of amides is 1. The molecule has 3 nitrogen and oxygen atoms in total. The highest BCUT2D eigenvalue weighted by Crippen LogP contribution is 1.98. The Morgan fingerprint density at radius 1 is 1.50 bits per heavy atom. The van der Waals surface area contributed by atoms with Gasteiger partial charge in [-0.25, -0.2) is 0 Å². The molecule has 0 aliphatic carbocycles. The lowest BCUT2D eigenvalue weighted by atomic mass is 10.1. The van der Waals surface area contributed by atoms with Gasteiger partial charge in [-0.15, -0.1) is 0 Å². The van der Waals surface area contributed by atoms with Gasteiger partial charge in [0.05, 0.1) is 6.04 Å². The molecule has 0 fully saturated rings. The zero-order chi connectivity index (χ0) is 9.56. The van der Waals surface area contributed by atoms with Gasteiger partial charge in [0.1, 0.15) is 0 Å². The van der Waals surface area contributed by atoms with E-state index in [9.17, 15) is 4.79 Å². The first-order chi connectivity index (χ1) is 5.57. The lowest BCUT2D eigenvalue weighted by molar-refractivity contribution is -0.123. The van der Waals surface area contributed by atoms with Crippen molar-refractivity contribution in [2.24, 2.45) is 5.73 Å². The number of carbonyl (C=O) groups excluding carboxylic acids is 1. The van der Waals surface area contributed by atoms with E-state index in [0.29, 0.717) is 0 Å². The van der Waals surface area contributed by atoms with Crippen LogP contribution in [0.25, 0.3) is 0 Å². The molecule has 12 heavy (non-hydrogen) atoms. The molecule has 0 saturated carbocycles. The molecule has 0 aromatic rings. The van der Waals surface area contributed by atoms with E-state index in [0.717, 1.165) is 19.3 Å². The zero-order valence-corrected chi connectivity index (χ0v) is 8.26.